The third kappa shape index (κ3) is 4.60. The maximum atomic E-state index is 13.4. The van der Waals surface area contributed by atoms with Crippen LogP contribution >= 0.6 is 11.6 Å². The van der Waals surface area contributed by atoms with Crippen molar-refractivity contribution in [1.82, 2.24) is 25.1 Å². The van der Waals surface area contributed by atoms with E-state index in [2.05, 4.69) is 15.6 Å². The van der Waals surface area contributed by atoms with E-state index in [0.29, 0.717) is 24.8 Å². The number of likely N-dealkylation sites (N-methyl/N-ethyl adjacent to an activating group) is 1. The average molecular weight is 506 g/mol. The molecule has 2 unspecified atom stereocenters. The first-order valence-electron chi connectivity index (χ1n) is 11.1. The number of nitrogens with zero attached hydrogens (tertiary/aromatic N) is 3. The number of fused-ring (bicyclic) bond motifs is 4. The van der Waals surface area contributed by atoms with Gasteiger partial charge in [-0.3, -0.25) is 23.7 Å². The highest BCUT2D eigenvalue weighted by Gasteiger charge is 2.48. The second-order valence-corrected chi connectivity index (χ2v) is 9.56. The van der Waals surface area contributed by atoms with E-state index in [9.17, 15) is 28.7 Å². The molecule has 12 heteroatoms. The second-order valence-electron chi connectivity index (χ2n) is 9.15. The van der Waals surface area contributed by atoms with E-state index in [1.165, 1.54) is 30.8 Å². The van der Waals surface area contributed by atoms with Crippen LogP contribution in [0.15, 0.2) is 23.0 Å². The normalized spacial score (nSPS) is 20.5. The van der Waals surface area contributed by atoms with Gasteiger partial charge in [0.15, 0.2) is 5.69 Å². The van der Waals surface area contributed by atoms with Crippen molar-refractivity contribution in [3.63, 3.8) is 0 Å². The summed E-state index contributed by atoms with van der Waals surface area (Å²) in [6.45, 7) is 0.203. The molecule has 2 heterocycles. The molecule has 1 aromatic carbocycles. The number of carbonyl (C=O) groups excluding carboxylic acids is 3. The predicted molar refractivity (Wildman–Crippen MR) is 123 cm³/mol. The van der Waals surface area contributed by atoms with Gasteiger partial charge in [0.05, 0.1) is 10.6 Å². The van der Waals surface area contributed by atoms with E-state index >= 15 is 0 Å². The number of rotatable bonds is 4. The zero-order chi connectivity index (χ0) is 25.5. The van der Waals surface area contributed by atoms with Crippen LogP contribution in [0.5, 0.6) is 5.75 Å². The standard InChI is InChI=1S/C23H25ClFN5O5/c1-29(2)21(35)19(33)28-23-7-5-12(10-23)6-8-30-20(34)17(31)16(27-22(23)30)18(32)26-11-13-3-4-15(25)14(24)9-13/h3-4,9,12,31H,5-8,10-11H2,1-2H3,(H,26,32)(H,28,33). The number of hydrogen-bond donors (Lipinski definition) is 3. The fourth-order valence-electron chi connectivity index (χ4n) is 4.74. The molecule has 0 spiro atoms. The quantitative estimate of drug-likeness (QED) is 0.536. The number of carbonyl (C=O) groups is 3. The van der Waals surface area contributed by atoms with Crippen LogP contribution in [0.2, 0.25) is 5.02 Å². The number of aromatic hydroxyl groups is 1. The lowest BCUT2D eigenvalue weighted by Gasteiger charge is -2.31. The van der Waals surface area contributed by atoms with Crippen molar-refractivity contribution >= 4 is 29.3 Å². The van der Waals surface area contributed by atoms with Crippen LogP contribution in [0, 0.1) is 11.7 Å². The molecule has 1 aliphatic carbocycles. The van der Waals surface area contributed by atoms with Gasteiger partial charge in [0, 0.05) is 27.2 Å². The number of halogens is 2. The summed E-state index contributed by atoms with van der Waals surface area (Å²) in [6, 6.07) is 3.94. The van der Waals surface area contributed by atoms with Crippen molar-refractivity contribution in [2.75, 3.05) is 14.1 Å². The van der Waals surface area contributed by atoms with E-state index in [1.807, 2.05) is 0 Å². The highest BCUT2D eigenvalue weighted by Crippen LogP contribution is 2.45. The summed E-state index contributed by atoms with van der Waals surface area (Å²) in [5, 5.41) is 15.7. The molecule has 1 fully saturated rings. The van der Waals surface area contributed by atoms with Crippen molar-refractivity contribution in [3.05, 3.63) is 56.5 Å². The van der Waals surface area contributed by atoms with Gasteiger partial charge in [-0.15, -0.1) is 0 Å². The monoisotopic (exact) mass is 505 g/mol. The Morgan fingerprint density at radius 3 is 2.74 bits per heavy atom. The predicted octanol–water partition coefficient (Wildman–Crippen LogP) is 1.27. The topological polar surface area (TPSA) is 134 Å². The van der Waals surface area contributed by atoms with Gasteiger partial charge in [0.2, 0.25) is 5.75 Å². The maximum Gasteiger partial charge on any atom is 0.311 e. The minimum atomic E-state index is -1.13. The summed E-state index contributed by atoms with van der Waals surface area (Å²) < 4.78 is 14.7. The van der Waals surface area contributed by atoms with Crippen molar-refractivity contribution in [2.24, 2.45) is 5.92 Å². The van der Waals surface area contributed by atoms with E-state index in [1.54, 1.807) is 0 Å². The van der Waals surface area contributed by atoms with Crippen LogP contribution < -0.4 is 16.2 Å². The summed E-state index contributed by atoms with van der Waals surface area (Å²) in [5.74, 6) is -3.53. The maximum absolute atomic E-state index is 13.4. The Balaban J connectivity index is 1.69. The molecule has 1 aliphatic heterocycles. The Morgan fingerprint density at radius 1 is 1.31 bits per heavy atom. The average Bonchev–Trinajstić information content (AvgIpc) is 3.15. The first-order chi connectivity index (χ1) is 16.5. The van der Waals surface area contributed by atoms with Crippen molar-refractivity contribution in [1.29, 1.82) is 0 Å². The molecular formula is C23H25ClFN5O5. The number of hydrogen-bond acceptors (Lipinski definition) is 6. The highest BCUT2D eigenvalue weighted by atomic mass is 35.5. The van der Waals surface area contributed by atoms with Crippen molar-refractivity contribution in [2.45, 2.75) is 44.3 Å². The molecule has 2 bridgehead atoms. The van der Waals surface area contributed by atoms with Gasteiger partial charge in [0.25, 0.3) is 11.5 Å². The Labute approximate surface area is 205 Å². The largest absolute Gasteiger partial charge is 0.501 e. The molecule has 2 aromatic rings. The summed E-state index contributed by atoms with van der Waals surface area (Å²) in [7, 11) is 2.91. The first-order valence-corrected chi connectivity index (χ1v) is 11.5. The zero-order valence-electron chi connectivity index (χ0n) is 19.2. The molecule has 10 nitrogen and oxygen atoms in total. The molecule has 3 amide bonds. The summed E-state index contributed by atoms with van der Waals surface area (Å²) in [4.78, 5) is 56.3. The Morgan fingerprint density at radius 2 is 2.06 bits per heavy atom. The second kappa shape index (κ2) is 9.29. The highest BCUT2D eigenvalue weighted by molar-refractivity contribution is 6.35. The Hall–Kier alpha value is -3.47. The van der Waals surface area contributed by atoms with Crippen LogP contribution in [0.3, 0.4) is 0 Å². The van der Waals surface area contributed by atoms with E-state index in [4.69, 9.17) is 11.6 Å². The Kier molecular flexibility index (Phi) is 6.54. The van der Waals surface area contributed by atoms with E-state index in [0.717, 1.165) is 17.4 Å². The Bertz CT molecular complexity index is 1280. The molecule has 0 radical (unpaired) electrons. The summed E-state index contributed by atoms with van der Waals surface area (Å²) in [6.07, 6.45) is 2.26. The lowest BCUT2D eigenvalue weighted by Crippen LogP contribution is -2.52. The molecule has 2 atom stereocenters. The summed E-state index contributed by atoms with van der Waals surface area (Å²) in [5.41, 5.74) is -1.92. The van der Waals surface area contributed by atoms with Gasteiger partial charge in [-0.1, -0.05) is 17.7 Å². The van der Waals surface area contributed by atoms with Crippen LogP contribution in [-0.4, -0.2) is 51.4 Å². The SMILES string of the molecule is CN(C)C(=O)C(=O)NC12CCC(CCn3c1nc(C(=O)NCc1ccc(F)c(Cl)c1)c(O)c3=O)C2. The number of amides is 3. The van der Waals surface area contributed by atoms with Crippen molar-refractivity contribution in [3.8, 4) is 5.75 Å². The van der Waals surface area contributed by atoms with Gasteiger partial charge in [-0.05, 0) is 49.3 Å². The molecule has 35 heavy (non-hydrogen) atoms. The van der Waals surface area contributed by atoms with Crippen LogP contribution in [-0.2, 0) is 28.2 Å². The first kappa shape index (κ1) is 24.6. The minimum Gasteiger partial charge on any atom is -0.501 e. The van der Waals surface area contributed by atoms with Crippen molar-refractivity contribution < 1.29 is 23.9 Å². The van der Waals surface area contributed by atoms with Gasteiger partial charge in [0.1, 0.15) is 11.6 Å². The zero-order valence-corrected chi connectivity index (χ0v) is 20.0. The third-order valence-electron chi connectivity index (χ3n) is 6.56. The smallest absolute Gasteiger partial charge is 0.311 e. The molecule has 1 saturated carbocycles. The molecular weight excluding hydrogens is 481 g/mol. The van der Waals surface area contributed by atoms with Gasteiger partial charge >= 0.3 is 11.8 Å². The van der Waals surface area contributed by atoms with Gasteiger partial charge in [-0.25, -0.2) is 9.37 Å². The summed E-state index contributed by atoms with van der Waals surface area (Å²) >= 11 is 5.78. The van der Waals surface area contributed by atoms with Gasteiger partial charge < -0.3 is 20.6 Å². The molecule has 2 aliphatic rings. The molecule has 0 saturated heterocycles. The minimum absolute atomic E-state index is 0.0559. The number of benzene rings is 1. The molecule has 1 aromatic heterocycles. The molecule has 4 rings (SSSR count). The third-order valence-corrected chi connectivity index (χ3v) is 6.85. The number of nitrogens with one attached hydrogen (secondary N) is 2. The van der Waals surface area contributed by atoms with E-state index in [-0.39, 0.29) is 29.9 Å². The lowest BCUT2D eigenvalue weighted by molar-refractivity contribution is -0.145. The van der Waals surface area contributed by atoms with E-state index < -0.39 is 46.1 Å². The fourth-order valence-corrected chi connectivity index (χ4v) is 4.95. The molecule has 186 valence electrons. The van der Waals surface area contributed by atoms with Gasteiger partial charge in [-0.2, -0.15) is 0 Å². The molecule has 3 N–H and O–H groups in total. The van der Waals surface area contributed by atoms with Crippen LogP contribution in [0.4, 0.5) is 4.39 Å². The van der Waals surface area contributed by atoms with Crippen LogP contribution in [0.25, 0.3) is 0 Å². The number of aromatic nitrogens is 2. The van der Waals surface area contributed by atoms with Crippen LogP contribution in [0.1, 0.15) is 47.6 Å². The lowest BCUT2D eigenvalue weighted by atomic mass is 9.94. The fraction of sp³-hybridized carbons (Fsp3) is 0.435.